The third-order valence-corrected chi connectivity index (χ3v) is 2.64. The summed E-state index contributed by atoms with van der Waals surface area (Å²) in [6.45, 7) is 11.1. The summed E-state index contributed by atoms with van der Waals surface area (Å²) in [5.74, 6) is 0.900. The fraction of sp³-hybridized carbons (Fsp3) is 0.133. The molecule has 2 heterocycles. The zero-order valence-electron chi connectivity index (χ0n) is 11.9. The van der Waals surface area contributed by atoms with Gasteiger partial charge in [0.05, 0.1) is 6.20 Å². The van der Waals surface area contributed by atoms with Crippen LogP contribution in [0.3, 0.4) is 0 Å². The molecule has 3 N–H and O–H groups in total. The molecule has 3 rings (SSSR count). The van der Waals surface area contributed by atoms with Gasteiger partial charge < -0.3 is 15.9 Å². The van der Waals surface area contributed by atoms with Gasteiger partial charge in [0.2, 0.25) is 0 Å². The minimum absolute atomic E-state index is 0.332. The first-order valence-corrected chi connectivity index (χ1v) is 6.62. The Bertz CT molecular complexity index is 770. The SMILES string of the molecule is CC.[C-]#[N+]c1cnc2c(N)cc(Nc3ccccc3)nn12. The molecular formula is C15H16N6. The number of hydrogen-bond donors (Lipinski definition) is 2. The normalized spacial score (nSPS) is 9.57. The van der Waals surface area contributed by atoms with Crippen molar-refractivity contribution in [3.05, 3.63) is 54.0 Å². The van der Waals surface area contributed by atoms with Gasteiger partial charge in [0, 0.05) is 11.8 Å². The molecule has 0 radical (unpaired) electrons. The van der Waals surface area contributed by atoms with Crippen LogP contribution in [0, 0.1) is 6.57 Å². The number of rotatable bonds is 2. The Morgan fingerprint density at radius 2 is 1.95 bits per heavy atom. The number of hydrogen-bond acceptors (Lipinski definition) is 4. The molecule has 1 aromatic carbocycles. The number of nitrogen functional groups attached to an aromatic ring is 1. The second-order valence-electron chi connectivity index (χ2n) is 3.94. The van der Waals surface area contributed by atoms with E-state index in [4.69, 9.17) is 12.3 Å². The van der Waals surface area contributed by atoms with Crippen LogP contribution in [-0.2, 0) is 0 Å². The van der Waals surface area contributed by atoms with Gasteiger partial charge in [-0.3, -0.25) is 0 Å². The first-order chi connectivity index (χ1) is 10.3. The monoisotopic (exact) mass is 280 g/mol. The van der Waals surface area contributed by atoms with Crippen molar-refractivity contribution in [1.82, 2.24) is 14.6 Å². The smallest absolute Gasteiger partial charge is 0.275 e. The predicted molar refractivity (Wildman–Crippen MR) is 84.7 cm³/mol. The Hall–Kier alpha value is -3.07. The molecule has 3 aromatic rings. The predicted octanol–water partition coefficient (Wildman–Crippen LogP) is 3.63. The molecule has 21 heavy (non-hydrogen) atoms. The molecule has 0 saturated carbocycles. The van der Waals surface area contributed by atoms with E-state index in [1.165, 1.54) is 10.7 Å². The standard InChI is InChI=1S/C13H10N6.C2H6/c1-15-12-8-16-13-10(14)7-11(18-19(12)13)17-9-5-3-2-4-6-9;1-2/h2-8H,14H2,(H,17,18);1-2H3. The number of para-hydroxylation sites is 1. The summed E-state index contributed by atoms with van der Waals surface area (Å²) in [6.07, 6.45) is 1.46. The summed E-state index contributed by atoms with van der Waals surface area (Å²) in [6, 6.07) is 11.3. The molecule has 6 nitrogen and oxygen atoms in total. The fourth-order valence-corrected chi connectivity index (χ4v) is 1.79. The van der Waals surface area contributed by atoms with Gasteiger partial charge in [-0.05, 0) is 12.1 Å². The van der Waals surface area contributed by atoms with Gasteiger partial charge in [-0.25, -0.2) is 4.98 Å². The Labute approximate surface area is 123 Å². The van der Waals surface area contributed by atoms with E-state index in [0.29, 0.717) is 23.0 Å². The highest BCUT2D eigenvalue weighted by atomic mass is 15.3. The highest BCUT2D eigenvalue weighted by molar-refractivity contribution is 5.72. The van der Waals surface area contributed by atoms with Gasteiger partial charge in [0.1, 0.15) is 5.69 Å². The molecule has 0 spiro atoms. The second kappa shape index (κ2) is 6.39. The van der Waals surface area contributed by atoms with E-state index >= 15 is 0 Å². The molecule has 0 bridgehead atoms. The van der Waals surface area contributed by atoms with E-state index in [1.54, 1.807) is 6.07 Å². The van der Waals surface area contributed by atoms with Crippen molar-refractivity contribution in [3.8, 4) is 0 Å². The van der Waals surface area contributed by atoms with E-state index in [1.807, 2.05) is 44.2 Å². The van der Waals surface area contributed by atoms with Crippen molar-refractivity contribution >= 4 is 28.7 Å². The van der Waals surface area contributed by atoms with E-state index < -0.39 is 0 Å². The lowest BCUT2D eigenvalue weighted by molar-refractivity contribution is 0.958. The van der Waals surface area contributed by atoms with Crippen LogP contribution in [0.1, 0.15) is 13.8 Å². The van der Waals surface area contributed by atoms with Crippen LogP contribution in [0.25, 0.3) is 10.5 Å². The molecule has 2 aromatic heterocycles. The van der Waals surface area contributed by atoms with Crippen molar-refractivity contribution in [2.75, 3.05) is 11.1 Å². The average Bonchev–Trinajstić information content (AvgIpc) is 2.94. The van der Waals surface area contributed by atoms with Gasteiger partial charge in [-0.15, -0.1) is 4.52 Å². The second-order valence-corrected chi connectivity index (χ2v) is 3.94. The first kappa shape index (κ1) is 14.3. The van der Waals surface area contributed by atoms with E-state index in [9.17, 15) is 0 Å². The zero-order chi connectivity index (χ0) is 15.2. The summed E-state index contributed by atoms with van der Waals surface area (Å²) < 4.78 is 1.44. The average molecular weight is 280 g/mol. The van der Waals surface area contributed by atoms with Gasteiger partial charge in [-0.1, -0.05) is 43.7 Å². The Morgan fingerprint density at radius 3 is 2.62 bits per heavy atom. The van der Waals surface area contributed by atoms with Crippen LogP contribution >= 0.6 is 0 Å². The van der Waals surface area contributed by atoms with Crippen LogP contribution < -0.4 is 11.1 Å². The number of anilines is 3. The lowest BCUT2D eigenvalue weighted by atomic mass is 10.3. The highest BCUT2D eigenvalue weighted by Crippen LogP contribution is 2.23. The molecule has 0 atom stereocenters. The molecule has 0 saturated heterocycles. The molecule has 0 unspecified atom stereocenters. The Morgan fingerprint density at radius 1 is 1.24 bits per heavy atom. The van der Waals surface area contributed by atoms with Gasteiger partial charge in [-0.2, -0.15) is 0 Å². The lowest BCUT2D eigenvalue weighted by Gasteiger charge is -2.05. The molecule has 0 amide bonds. The Balaban J connectivity index is 0.000000774. The van der Waals surface area contributed by atoms with E-state index in [-0.39, 0.29) is 0 Å². The summed E-state index contributed by atoms with van der Waals surface area (Å²) in [4.78, 5) is 7.42. The maximum absolute atomic E-state index is 7.07. The van der Waals surface area contributed by atoms with Crippen LogP contribution in [0.5, 0.6) is 0 Å². The molecule has 0 aliphatic carbocycles. The van der Waals surface area contributed by atoms with E-state index in [2.05, 4.69) is 20.2 Å². The van der Waals surface area contributed by atoms with Crippen LogP contribution in [0.15, 0.2) is 42.6 Å². The summed E-state index contributed by atoms with van der Waals surface area (Å²) in [5, 5.41) is 7.45. The molecule has 6 heteroatoms. The Kier molecular flexibility index (Phi) is 4.36. The van der Waals surface area contributed by atoms with Crippen molar-refractivity contribution in [2.45, 2.75) is 13.8 Å². The third-order valence-electron chi connectivity index (χ3n) is 2.64. The number of fused-ring (bicyclic) bond motifs is 1. The van der Waals surface area contributed by atoms with Crippen molar-refractivity contribution in [2.24, 2.45) is 0 Å². The number of nitrogens with one attached hydrogen (secondary N) is 1. The van der Waals surface area contributed by atoms with Crippen molar-refractivity contribution < 1.29 is 0 Å². The van der Waals surface area contributed by atoms with Gasteiger partial charge >= 0.3 is 0 Å². The first-order valence-electron chi connectivity index (χ1n) is 6.62. The maximum atomic E-state index is 7.07. The molecule has 0 aliphatic rings. The number of nitrogens with zero attached hydrogens (tertiary/aromatic N) is 4. The summed E-state index contributed by atoms with van der Waals surface area (Å²) in [7, 11) is 0. The van der Waals surface area contributed by atoms with E-state index in [0.717, 1.165) is 5.69 Å². The quantitative estimate of drug-likeness (QED) is 0.703. The van der Waals surface area contributed by atoms with Gasteiger partial charge in [0.25, 0.3) is 11.5 Å². The topological polar surface area (TPSA) is 72.6 Å². The van der Waals surface area contributed by atoms with Crippen molar-refractivity contribution in [1.29, 1.82) is 0 Å². The highest BCUT2D eigenvalue weighted by Gasteiger charge is 2.12. The molecule has 0 aliphatic heterocycles. The molecular weight excluding hydrogens is 264 g/mol. The number of nitrogens with two attached hydrogens (primary N) is 1. The lowest BCUT2D eigenvalue weighted by Crippen LogP contribution is -2.02. The number of imidazole rings is 1. The number of benzene rings is 1. The van der Waals surface area contributed by atoms with Crippen LogP contribution in [0.2, 0.25) is 0 Å². The van der Waals surface area contributed by atoms with Crippen molar-refractivity contribution in [3.63, 3.8) is 0 Å². The molecule has 0 fully saturated rings. The zero-order valence-corrected chi connectivity index (χ0v) is 11.9. The maximum Gasteiger partial charge on any atom is 0.275 e. The van der Waals surface area contributed by atoms with Crippen LogP contribution in [0.4, 0.5) is 23.0 Å². The minimum Gasteiger partial charge on any atom is -0.394 e. The summed E-state index contributed by atoms with van der Waals surface area (Å²) in [5.41, 5.74) is 7.78. The largest absolute Gasteiger partial charge is 0.394 e. The summed E-state index contributed by atoms with van der Waals surface area (Å²) >= 11 is 0. The third kappa shape index (κ3) is 2.92. The fourth-order valence-electron chi connectivity index (χ4n) is 1.79. The van der Waals surface area contributed by atoms with Crippen LogP contribution in [-0.4, -0.2) is 14.6 Å². The molecule has 106 valence electrons. The number of aromatic nitrogens is 3. The van der Waals surface area contributed by atoms with Gasteiger partial charge in [0.15, 0.2) is 5.82 Å². The minimum atomic E-state index is 0.332.